The van der Waals surface area contributed by atoms with E-state index in [1.54, 1.807) is 0 Å². The van der Waals surface area contributed by atoms with Crippen LogP contribution in [0.4, 0.5) is 0 Å². The maximum absolute atomic E-state index is 11.2. The Kier molecular flexibility index (Phi) is 8.48. The monoisotopic (exact) mass is 262 g/mol. The van der Waals surface area contributed by atoms with Crippen LogP contribution in [0.15, 0.2) is 24.3 Å². The molecule has 1 rings (SSSR count). The minimum atomic E-state index is -0.188. The van der Waals surface area contributed by atoms with Crippen LogP contribution >= 0.6 is 0 Å². The van der Waals surface area contributed by atoms with Gasteiger partial charge in [-0.25, -0.2) is 0 Å². The van der Waals surface area contributed by atoms with Crippen LogP contribution in [0.25, 0.3) is 0 Å². The van der Waals surface area contributed by atoms with E-state index in [1.807, 2.05) is 24.3 Å². The van der Waals surface area contributed by atoms with Crippen molar-refractivity contribution in [1.82, 2.24) is 0 Å². The van der Waals surface area contributed by atoms with Crippen molar-refractivity contribution in [2.24, 2.45) is 0 Å². The SMILES string of the molecule is CCc1ccc(OCC(=O)CC(C)=O)cc1.[Ca+2].[H-].[H-]. The van der Waals surface area contributed by atoms with Crippen LogP contribution < -0.4 is 4.74 Å². The number of Topliss-reactive ketones (excluding diaryl/α,β-unsaturated/α-hetero) is 2. The van der Waals surface area contributed by atoms with Crippen molar-refractivity contribution in [2.75, 3.05) is 6.61 Å². The Bertz CT molecular complexity index is 380. The van der Waals surface area contributed by atoms with E-state index in [-0.39, 0.29) is 65.2 Å². The Morgan fingerprint density at radius 2 is 1.82 bits per heavy atom. The van der Waals surface area contributed by atoms with E-state index >= 15 is 0 Å². The van der Waals surface area contributed by atoms with E-state index < -0.39 is 0 Å². The van der Waals surface area contributed by atoms with Crippen LogP contribution in [0.5, 0.6) is 5.75 Å². The summed E-state index contributed by atoms with van der Waals surface area (Å²) >= 11 is 0. The molecule has 0 bridgehead atoms. The van der Waals surface area contributed by atoms with Gasteiger partial charge in [-0.3, -0.25) is 9.59 Å². The molecular weight excluding hydrogens is 244 g/mol. The van der Waals surface area contributed by atoms with Crippen LogP contribution in [0.3, 0.4) is 0 Å². The summed E-state index contributed by atoms with van der Waals surface area (Å²) in [5.41, 5.74) is 1.22. The molecule has 0 amide bonds. The Morgan fingerprint density at radius 1 is 1.24 bits per heavy atom. The molecule has 0 fully saturated rings. The smallest absolute Gasteiger partial charge is 1.00 e. The fourth-order valence-corrected chi connectivity index (χ4v) is 1.31. The zero-order valence-electron chi connectivity index (χ0n) is 12.4. The van der Waals surface area contributed by atoms with Crippen molar-refractivity contribution in [2.45, 2.75) is 26.7 Å². The van der Waals surface area contributed by atoms with Gasteiger partial charge in [-0.2, -0.15) is 0 Å². The molecule has 0 atom stereocenters. The molecule has 0 aromatic heterocycles. The van der Waals surface area contributed by atoms with E-state index in [4.69, 9.17) is 4.74 Å². The van der Waals surface area contributed by atoms with Crippen molar-refractivity contribution in [1.29, 1.82) is 0 Å². The van der Waals surface area contributed by atoms with Crippen LogP contribution in [0.1, 0.15) is 28.7 Å². The number of benzene rings is 1. The minimum Gasteiger partial charge on any atom is -1.00 e. The molecule has 1 aromatic carbocycles. The van der Waals surface area contributed by atoms with Crippen LogP contribution in [0.2, 0.25) is 0 Å². The zero-order chi connectivity index (χ0) is 12.0. The Labute approximate surface area is 135 Å². The largest absolute Gasteiger partial charge is 2.00 e. The number of carbonyl (C=O) groups excluding carboxylic acids is 2. The van der Waals surface area contributed by atoms with Gasteiger partial charge < -0.3 is 7.59 Å². The number of hydrogen-bond acceptors (Lipinski definition) is 3. The molecule has 0 N–H and O–H groups in total. The molecule has 0 heterocycles. The second-order valence-electron chi connectivity index (χ2n) is 3.70. The van der Waals surface area contributed by atoms with E-state index in [0.717, 1.165) is 6.42 Å². The zero-order valence-corrected chi connectivity index (χ0v) is 12.6. The van der Waals surface area contributed by atoms with Crippen molar-refractivity contribution >= 4 is 49.3 Å². The van der Waals surface area contributed by atoms with Gasteiger partial charge in [-0.1, -0.05) is 19.1 Å². The van der Waals surface area contributed by atoms with Crippen molar-refractivity contribution in [3.05, 3.63) is 29.8 Å². The van der Waals surface area contributed by atoms with Gasteiger partial charge in [0.15, 0.2) is 5.78 Å². The molecule has 17 heavy (non-hydrogen) atoms. The fraction of sp³-hybridized carbons (Fsp3) is 0.385. The molecule has 0 aliphatic rings. The van der Waals surface area contributed by atoms with E-state index in [0.29, 0.717) is 5.75 Å². The van der Waals surface area contributed by atoms with Crippen molar-refractivity contribution in [3.8, 4) is 5.75 Å². The summed E-state index contributed by atoms with van der Waals surface area (Å²) in [6, 6.07) is 7.59. The Hall–Kier alpha value is -0.380. The van der Waals surface area contributed by atoms with Gasteiger partial charge in [-0.15, -0.1) is 0 Å². The molecule has 3 nitrogen and oxygen atoms in total. The maximum atomic E-state index is 11.2. The first-order chi connectivity index (χ1) is 7.61. The molecule has 0 saturated carbocycles. The number of ether oxygens (including phenoxy) is 1. The first-order valence-corrected chi connectivity index (χ1v) is 5.34. The molecule has 0 unspecified atom stereocenters. The summed E-state index contributed by atoms with van der Waals surface area (Å²) < 4.78 is 5.27. The molecule has 0 saturated heterocycles. The third-order valence-electron chi connectivity index (χ3n) is 2.18. The second kappa shape index (κ2) is 8.67. The average Bonchev–Trinajstić information content (AvgIpc) is 2.26. The first kappa shape index (κ1) is 16.6. The molecule has 1 aromatic rings. The summed E-state index contributed by atoms with van der Waals surface area (Å²) in [6.07, 6.45) is 0.927. The average molecular weight is 262 g/mol. The molecular formula is C13H18CaO3. The summed E-state index contributed by atoms with van der Waals surface area (Å²) in [4.78, 5) is 21.9. The number of rotatable bonds is 6. The summed E-state index contributed by atoms with van der Waals surface area (Å²) in [5.74, 6) is 0.344. The molecule has 0 aliphatic carbocycles. The summed E-state index contributed by atoms with van der Waals surface area (Å²) in [6.45, 7) is 3.44. The van der Waals surface area contributed by atoms with Gasteiger partial charge >= 0.3 is 37.7 Å². The number of ketones is 2. The molecule has 0 radical (unpaired) electrons. The maximum Gasteiger partial charge on any atom is 2.00 e. The fourth-order valence-electron chi connectivity index (χ4n) is 1.31. The predicted octanol–water partition coefficient (Wildman–Crippen LogP) is 2.02. The van der Waals surface area contributed by atoms with Crippen LogP contribution in [-0.4, -0.2) is 55.9 Å². The van der Waals surface area contributed by atoms with Crippen molar-refractivity contribution < 1.29 is 17.2 Å². The Morgan fingerprint density at radius 3 is 2.29 bits per heavy atom. The van der Waals surface area contributed by atoms with Gasteiger partial charge in [0.2, 0.25) is 0 Å². The van der Waals surface area contributed by atoms with Gasteiger partial charge in [0, 0.05) is 0 Å². The summed E-state index contributed by atoms with van der Waals surface area (Å²) in [5, 5.41) is 0. The minimum absolute atomic E-state index is 0. The van der Waals surface area contributed by atoms with E-state index in [2.05, 4.69) is 6.92 Å². The number of aryl methyl sites for hydroxylation is 1. The Balaban J connectivity index is -0.000000853. The third-order valence-corrected chi connectivity index (χ3v) is 2.18. The van der Waals surface area contributed by atoms with Crippen LogP contribution in [0, 0.1) is 0 Å². The normalized spacial score (nSPS) is 9.29. The van der Waals surface area contributed by atoms with Gasteiger partial charge in [0.25, 0.3) is 0 Å². The predicted molar refractivity (Wildman–Crippen MR) is 69.6 cm³/mol. The van der Waals surface area contributed by atoms with Gasteiger partial charge in [0.05, 0.1) is 6.42 Å². The van der Waals surface area contributed by atoms with Gasteiger partial charge in [-0.05, 0) is 31.0 Å². The molecule has 90 valence electrons. The number of carbonyl (C=O) groups is 2. The molecule has 0 spiro atoms. The van der Waals surface area contributed by atoms with E-state index in [1.165, 1.54) is 12.5 Å². The third kappa shape index (κ3) is 6.81. The van der Waals surface area contributed by atoms with E-state index in [9.17, 15) is 9.59 Å². The van der Waals surface area contributed by atoms with Gasteiger partial charge in [0.1, 0.15) is 18.1 Å². The molecule has 0 aliphatic heterocycles. The molecule has 4 heteroatoms. The van der Waals surface area contributed by atoms with Crippen LogP contribution in [-0.2, 0) is 16.0 Å². The number of hydrogen-bond donors (Lipinski definition) is 0. The van der Waals surface area contributed by atoms with Crippen molar-refractivity contribution in [3.63, 3.8) is 0 Å². The topological polar surface area (TPSA) is 43.4 Å². The quantitative estimate of drug-likeness (QED) is 0.582. The second-order valence-corrected chi connectivity index (χ2v) is 3.70. The summed E-state index contributed by atoms with van der Waals surface area (Å²) in [7, 11) is 0. The first-order valence-electron chi connectivity index (χ1n) is 5.34. The standard InChI is InChI=1S/C13H16O3.Ca.2H/c1-3-11-4-6-13(7-5-11)16-9-12(15)8-10(2)14;;;/h4-7H,3,8-9H2,1-2H3;;;/q;+2;2*-1.